The molecule has 0 radical (unpaired) electrons. The minimum Gasteiger partial charge on any atom is -0.376 e. The van der Waals surface area contributed by atoms with E-state index in [4.69, 9.17) is 16.3 Å². The first-order chi connectivity index (χ1) is 11.7. The van der Waals surface area contributed by atoms with Gasteiger partial charge in [-0.3, -0.25) is 0 Å². The molecule has 0 N–H and O–H groups in total. The molecular weight excluding hydrogens is 344 g/mol. The first-order valence-corrected chi connectivity index (χ1v) is 7.84. The smallest absolute Gasteiger partial charge is 0.315 e. The summed E-state index contributed by atoms with van der Waals surface area (Å²) in [6, 6.07) is 1.68. The Labute approximate surface area is 139 Å². The van der Waals surface area contributed by atoms with Gasteiger partial charge < -0.3 is 13.8 Å². The molecule has 3 aromatic rings. The number of aromatic nitrogens is 5. The minimum atomic E-state index is -2.81. The molecule has 0 amide bonds. The fraction of sp³-hybridized carbons (Fsp3) is 0.429. The van der Waals surface area contributed by atoms with Crippen LogP contribution in [0.4, 0.5) is 8.78 Å². The van der Waals surface area contributed by atoms with Crippen molar-refractivity contribution in [3.8, 4) is 11.4 Å². The highest BCUT2D eigenvalue weighted by atomic mass is 35.5. The van der Waals surface area contributed by atoms with Crippen molar-refractivity contribution in [2.45, 2.75) is 31.4 Å². The SMILES string of the molecule is FC(F)c1nc(-c2cnc3c(c2)nc(CCl)n3CC2CCO2)no1. The van der Waals surface area contributed by atoms with Gasteiger partial charge in [0.1, 0.15) is 11.3 Å². The maximum atomic E-state index is 12.6. The second kappa shape index (κ2) is 6.06. The second-order valence-electron chi connectivity index (χ2n) is 5.38. The van der Waals surface area contributed by atoms with Crippen LogP contribution >= 0.6 is 11.6 Å². The number of hydrogen-bond donors (Lipinski definition) is 0. The molecule has 0 aliphatic carbocycles. The minimum absolute atomic E-state index is 0.0454. The van der Waals surface area contributed by atoms with Gasteiger partial charge in [0.2, 0.25) is 5.82 Å². The summed E-state index contributed by atoms with van der Waals surface area (Å²) in [7, 11) is 0. The summed E-state index contributed by atoms with van der Waals surface area (Å²) in [6.07, 6.45) is -0.192. The molecule has 0 saturated carbocycles. The molecule has 1 aliphatic rings. The molecule has 1 atom stereocenters. The predicted molar refractivity (Wildman–Crippen MR) is 79.7 cm³/mol. The molecule has 4 heterocycles. The lowest BCUT2D eigenvalue weighted by atomic mass is 10.2. The Kier molecular flexibility index (Phi) is 3.89. The Morgan fingerprint density at radius 1 is 1.38 bits per heavy atom. The van der Waals surface area contributed by atoms with Crippen molar-refractivity contribution in [1.82, 2.24) is 24.7 Å². The largest absolute Gasteiger partial charge is 0.376 e. The number of rotatable bonds is 5. The van der Waals surface area contributed by atoms with Crippen LogP contribution < -0.4 is 0 Å². The monoisotopic (exact) mass is 355 g/mol. The molecule has 126 valence electrons. The molecule has 0 aromatic carbocycles. The van der Waals surface area contributed by atoms with Crippen molar-refractivity contribution in [3.05, 3.63) is 24.0 Å². The van der Waals surface area contributed by atoms with E-state index in [9.17, 15) is 8.78 Å². The number of nitrogens with zero attached hydrogens (tertiary/aromatic N) is 5. The van der Waals surface area contributed by atoms with Crippen LogP contribution in [0.5, 0.6) is 0 Å². The predicted octanol–water partition coefficient (Wildman–Crippen LogP) is 2.95. The van der Waals surface area contributed by atoms with E-state index in [1.165, 1.54) is 6.20 Å². The Bertz CT molecular complexity index is 877. The van der Waals surface area contributed by atoms with E-state index in [0.29, 0.717) is 29.1 Å². The third kappa shape index (κ3) is 2.63. The van der Waals surface area contributed by atoms with E-state index in [1.54, 1.807) is 6.07 Å². The topological polar surface area (TPSA) is 78.9 Å². The van der Waals surface area contributed by atoms with Crippen LogP contribution in [0.3, 0.4) is 0 Å². The molecule has 1 unspecified atom stereocenters. The van der Waals surface area contributed by atoms with Gasteiger partial charge in [-0.1, -0.05) is 5.16 Å². The molecule has 3 aromatic heterocycles. The summed E-state index contributed by atoms with van der Waals surface area (Å²) >= 11 is 5.97. The normalized spacial score (nSPS) is 17.6. The summed E-state index contributed by atoms with van der Waals surface area (Å²) in [6.45, 7) is 1.39. The Morgan fingerprint density at radius 3 is 2.83 bits per heavy atom. The van der Waals surface area contributed by atoms with Gasteiger partial charge in [0, 0.05) is 18.4 Å². The maximum absolute atomic E-state index is 12.6. The van der Waals surface area contributed by atoms with Crippen molar-refractivity contribution < 1.29 is 18.0 Å². The molecular formula is C14H12ClF2N5O2. The number of hydrogen-bond acceptors (Lipinski definition) is 6. The summed E-state index contributed by atoms with van der Waals surface area (Å²) in [4.78, 5) is 12.5. The van der Waals surface area contributed by atoms with Crippen LogP contribution in [0, 0.1) is 0 Å². The van der Waals surface area contributed by atoms with E-state index in [0.717, 1.165) is 13.0 Å². The van der Waals surface area contributed by atoms with Crippen molar-refractivity contribution in [1.29, 1.82) is 0 Å². The molecule has 10 heteroatoms. The zero-order chi connectivity index (χ0) is 16.7. The highest BCUT2D eigenvalue weighted by molar-refractivity contribution is 6.16. The van der Waals surface area contributed by atoms with Crippen LogP contribution in [0.1, 0.15) is 24.6 Å². The van der Waals surface area contributed by atoms with Crippen LogP contribution in [-0.4, -0.2) is 37.4 Å². The molecule has 4 rings (SSSR count). The molecule has 1 fully saturated rings. The number of alkyl halides is 3. The lowest BCUT2D eigenvalue weighted by Crippen LogP contribution is -2.31. The van der Waals surface area contributed by atoms with Crippen LogP contribution in [-0.2, 0) is 17.2 Å². The number of pyridine rings is 1. The van der Waals surface area contributed by atoms with Gasteiger partial charge in [-0.25, -0.2) is 9.97 Å². The number of imidazole rings is 1. The Balaban J connectivity index is 1.72. The van der Waals surface area contributed by atoms with Gasteiger partial charge >= 0.3 is 6.43 Å². The third-order valence-corrected chi connectivity index (χ3v) is 4.09. The lowest BCUT2D eigenvalue weighted by Gasteiger charge is -2.27. The summed E-state index contributed by atoms with van der Waals surface area (Å²) in [5.74, 6) is 0.229. The molecule has 1 saturated heterocycles. The highest BCUT2D eigenvalue weighted by Gasteiger charge is 2.23. The van der Waals surface area contributed by atoms with Gasteiger partial charge in [0.25, 0.3) is 5.89 Å². The first kappa shape index (κ1) is 15.4. The van der Waals surface area contributed by atoms with E-state index in [-0.39, 0.29) is 17.8 Å². The standard InChI is InChI=1S/C14H12ClF2N5O2/c15-4-10-19-9-3-7(12-20-14(11(16)17)24-21-12)5-18-13(9)22(10)6-8-1-2-23-8/h3,5,8,11H,1-2,4,6H2. The van der Waals surface area contributed by atoms with Crippen LogP contribution in [0.15, 0.2) is 16.8 Å². The highest BCUT2D eigenvalue weighted by Crippen LogP contribution is 2.25. The van der Waals surface area contributed by atoms with Gasteiger partial charge in [0.15, 0.2) is 5.65 Å². The van der Waals surface area contributed by atoms with Gasteiger partial charge in [-0.15, -0.1) is 11.6 Å². The van der Waals surface area contributed by atoms with E-state index in [2.05, 4.69) is 24.6 Å². The van der Waals surface area contributed by atoms with Crippen molar-refractivity contribution >= 4 is 22.8 Å². The zero-order valence-electron chi connectivity index (χ0n) is 12.3. The van der Waals surface area contributed by atoms with E-state index >= 15 is 0 Å². The summed E-state index contributed by atoms with van der Waals surface area (Å²) in [5.41, 5.74) is 1.69. The van der Waals surface area contributed by atoms with E-state index < -0.39 is 12.3 Å². The fourth-order valence-electron chi connectivity index (χ4n) is 2.55. The fourth-order valence-corrected chi connectivity index (χ4v) is 2.75. The van der Waals surface area contributed by atoms with Crippen molar-refractivity contribution in [2.75, 3.05) is 6.61 Å². The van der Waals surface area contributed by atoms with Gasteiger partial charge in [-0.05, 0) is 12.5 Å². The second-order valence-corrected chi connectivity index (χ2v) is 5.64. The maximum Gasteiger partial charge on any atom is 0.315 e. The quantitative estimate of drug-likeness (QED) is 0.655. The number of ether oxygens (including phenoxy) is 1. The number of halogens is 3. The molecule has 0 bridgehead atoms. The number of fused-ring (bicyclic) bond motifs is 1. The van der Waals surface area contributed by atoms with Crippen molar-refractivity contribution in [3.63, 3.8) is 0 Å². The van der Waals surface area contributed by atoms with Crippen molar-refractivity contribution in [2.24, 2.45) is 0 Å². The molecule has 7 nitrogen and oxygen atoms in total. The summed E-state index contributed by atoms with van der Waals surface area (Å²) in [5, 5.41) is 3.55. The Morgan fingerprint density at radius 2 is 2.21 bits per heavy atom. The first-order valence-electron chi connectivity index (χ1n) is 7.30. The third-order valence-electron chi connectivity index (χ3n) is 3.85. The molecule has 1 aliphatic heterocycles. The van der Waals surface area contributed by atoms with Gasteiger partial charge in [0.05, 0.1) is 18.5 Å². The lowest BCUT2D eigenvalue weighted by molar-refractivity contribution is -0.0590. The van der Waals surface area contributed by atoms with E-state index in [1.807, 2.05) is 4.57 Å². The zero-order valence-corrected chi connectivity index (χ0v) is 13.1. The van der Waals surface area contributed by atoms with Crippen LogP contribution in [0.25, 0.3) is 22.6 Å². The molecule has 24 heavy (non-hydrogen) atoms. The average molecular weight is 356 g/mol. The van der Waals surface area contributed by atoms with Crippen LogP contribution in [0.2, 0.25) is 0 Å². The summed E-state index contributed by atoms with van der Waals surface area (Å²) < 4.78 is 37.0. The van der Waals surface area contributed by atoms with Gasteiger partial charge in [-0.2, -0.15) is 13.8 Å². The molecule has 0 spiro atoms. The average Bonchev–Trinajstić information content (AvgIpc) is 3.15. The Hall–Kier alpha value is -2.13.